The molecule has 262 valence electrons. The van der Waals surface area contributed by atoms with Gasteiger partial charge >= 0.3 is 0 Å². The van der Waals surface area contributed by atoms with Gasteiger partial charge in [0.25, 0.3) is 0 Å². The Morgan fingerprint density at radius 1 is 0.304 bits per heavy atom. The first-order valence-corrected chi connectivity index (χ1v) is 18.8. The lowest BCUT2D eigenvalue weighted by molar-refractivity contribution is 0.669. The molecular formula is C51H32N4O. The van der Waals surface area contributed by atoms with Crippen molar-refractivity contribution in [3.8, 4) is 62.1 Å². The van der Waals surface area contributed by atoms with E-state index in [1.807, 2.05) is 42.5 Å². The van der Waals surface area contributed by atoms with Crippen LogP contribution in [0, 0.1) is 0 Å². The maximum atomic E-state index is 6.61. The van der Waals surface area contributed by atoms with Gasteiger partial charge in [0.15, 0.2) is 17.5 Å². The number of hydrogen-bond acceptors (Lipinski definition) is 4. The van der Waals surface area contributed by atoms with E-state index in [0.29, 0.717) is 17.5 Å². The van der Waals surface area contributed by atoms with Crippen molar-refractivity contribution in [1.29, 1.82) is 0 Å². The van der Waals surface area contributed by atoms with Gasteiger partial charge in [0, 0.05) is 43.9 Å². The molecule has 56 heavy (non-hydrogen) atoms. The third kappa shape index (κ3) is 5.45. The molecule has 0 spiro atoms. The Morgan fingerprint density at radius 3 is 1.45 bits per heavy atom. The topological polar surface area (TPSA) is 56.7 Å². The monoisotopic (exact) mass is 716 g/mol. The largest absolute Gasteiger partial charge is 0.456 e. The summed E-state index contributed by atoms with van der Waals surface area (Å²) in [6.45, 7) is 0. The fraction of sp³-hybridized carbons (Fsp3) is 0. The smallest absolute Gasteiger partial charge is 0.164 e. The molecule has 0 aliphatic rings. The van der Waals surface area contributed by atoms with E-state index in [2.05, 4.69) is 156 Å². The Kier molecular flexibility index (Phi) is 7.42. The van der Waals surface area contributed by atoms with Gasteiger partial charge in [-0.15, -0.1) is 0 Å². The van der Waals surface area contributed by atoms with Gasteiger partial charge in [-0.2, -0.15) is 0 Å². The zero-order valence-electron chi connectivity index (χ0n) is 30.2. The van der Waals surface area contributed by atoms with Crippen LogP contribution in [0.15, 0.2) is 199 Å². The molecule has 0 aliphatic heterocycles. The highest BCUT2D eigenvalue weighted by atomic mass is 16.3. The van der Waals surface area contributed by atoms with Crippen molar-refractivity contribution in [3.05, 3.63) is 194 Å². The average molecular weight is 717 g/mol. The van der Waals surface area contributed by atoms with Crippen LogP contribution in [0.3, 0.4) is 0 Å². The van der Waals surface area contributed by atoms with Gasteiger partial charge in [0.05, 0.1) is 11.0 Å². The summed E-state index contributed by atoms with van der Waals surface area (Å²) in [6, 6.07) is 67.5. The van der Waals surface area contributed by atoms with Crippen LogP contribution in [0.4, 0.5) is 0 Å². The van der Waals surface area contributed by atoms with E-state index in [1.54, 1.807) is 0 Å². The Morgan fingerprint density at radius 2 is 0.750 bits per heavy atom. The molecule has 0 atom stereocenters. The highest BCUT2D eigenvalue weighted by Gasteiger charge is 2.17. The van der Waals surface area contributed by atoms with Crippen molar-refractivity contribution in [2.45, 2.75) is 0 Å². The van der Waals surface area contributed by atoms with E-state index in [9.17, 15) is 0 Å². The molecule has 11 rings (SSSR count). The zero-order valence-corrected chi connectivity index (χ0v) is 30.2. The first-order chi connectivity index (χ1) is 27.7. The Balaban J connectivity index is 0.985. The third-order valence-electron chi connectivity index (χ3n) is 10.7. The summed E-state index contributed by atoms with van der Waals surface area (Å²) in [5, 5.41) is 4.56. The second-order valence-corrected chi connectivity index (χ2v) is 14.1. The maximum Gasteiger partial charge on any atom is 0.164 e. The highest BCUT2D eigenvalue weighted by molar-refractivity contribution is 6.11. The lowest BCUT2D eigenvalue weighted by Gasteiger charge is -2.09. The number of furan rings is 1. The van der Waals surface area contributed by atoms with E-state index in [4.69, 9.17) is 19.4 Å². The predicted octanol–water partition coefficient (Wildman–Crippen LogP) is 13.2. The van der Waals surface area contributed by atoms with Crippen LogP contribution in [-0.4, -0.2) is 19.5 Å². The van der Waals surface area contributed by atoms with Gasteiger partial charge in [-0.1, -0.05) is 140 Å². The van der Waals surface area contributed by atoms with E-state index in [0.717, 1.165) is 61.0 Å². The molecule has 0 N–H and O–H groups in total. The lowest BCUT2D eigenvalue weighted by Crippen LogP contribution is -2.00. The van der Waals surface area contributed by atoms with Gasteiger partial charge < -0.3 is 8.98 Å². The van der Waals surface area contributed by atoms with Crippen molar-refractivity contribution >= 4 is 43.7 Å². The van der Waals surface area contributed by atoms with Crippen molar-refractivity contribution in [2.24, 2.45) is 0 Å². The maximum absolute atomic E-state index is 6.61. The number of hydrogen-bond donors (Lipinski definition) is 0. The quantitative estimate of drug-likeness (QED) is 0.172. The van der Waals surface area contributed by atoms with E-state index >= 15 is 0 Å². The molecule has 0 saturated carbocycles. The fourth-order valence-corrected chi connectivity index (χ4v) is 7.90. The Hall–Kier alpha value is -7.63. The predicted molar refractivity (Wildman–Crippen MR) is 229 cm³/mol. The van der Waals surface area contributed by atoms with E-state index in [1.165, 1.54) is 27.4 Å². The van der Waals surface area contributed by atoms with E-state index < -0.39 is 0 Å². The van der Waals surface area contributed by atoms with Gasteiger partial charge in [-0.3, -0.25) is 0 Å². The summed E-state index contributed by atoms with van der Waals surface area (Å²) >= 11 is 0. The fourth-order valence-electron chi connectivity index (χ4n) is 7.90. The molecule has 0 saturated heterocycles. The molecule has 11 aromatic rings. The second-order valence-electron chi connectivity index (χ2n) is 14.1. The highest BCUT2D eigenvalue weighted by Crippen LogP contribution is 2.38. The summed E-state index contributed by atoms with van der Waals surface area (Å²) in [5.74, 6) is 1.83. The van der Waals surface area contributed by atoms with Crippen LogP contribution < -0.4 is 0 Å². The van der Waals surface area contributed by atoms with Crippen LogP contribution >= 0.6 is 0 Å². The minimum Gasteiger partial charge on any atom is -0.456 e. The lowest BCUT2D eigenvalue weighted by atomic mass is 10.0. The second kappa shape index (κ2) is 13.0. The molecule has 0 bridgehead atoms. The molecule has 5 nitrogen and oxygen atoms in total. The zero-order chi connectivity index (χ0) is 37.0. The molecule has 0 unspecified atom stereocenters. The first-order valence-electron chi connectivity index (χ1n) is 18.8. The van der Waals surface area contributed by atoms with Gasteiger partial charge in [-0.25, -0.2) is 15.0 Å². The summed E-state index contributed by atoms with van der Waals surface area (Å²) in [4.78, 5) is 14.9. The van der Waals surface area contributed by atoms with Crippen molar-refractivity contribution in [1.82, 2.24) is 19.5 Å². The van der Waals surface area contributed by atoms with Crippen molar-refractivity contribution in [2.75, 3.05) is 0 Å². The molecule has 0 fully saturated rings. The summed E-state index contributed by atoms with van der Waals surface area (Å²) in [6.07, 6.45) is 0. The van der Waals surface area contributed by atoms with Crippen molar-refractivity contribution in [3.63, 3.8) is 0 Å². The summed E-state index contributed by atoms with van der Waals surface area (Å²) < 4.78 is 8.95. The minimum atomic E-state index is 0.590. The number of para-hydroxylation sites is 2. The van der Waals surface area contributed by atoms with Gasteiger partial charge in [0.1, 0.15) is 11.2 Å². The number of fused-ring (bicyclic) bond motifs is 6. The van der Waals surface area contributed by atoms with Crippen LogP contribution in [0.2, 0.25) is 0 Å². The third-order valence-corrected chi connectivity index (χ3v) is 10.7. The minimum absolute atomic E-state index is 0.590. The van der Waals surface area contributed by atoms with Crippen LogP contribution in [0.25, 0.3) is 106 Å². The normalized spacial score (nSPS) is 11.6. The molecule has 0 radical (unpaired) electrons. The Bertz CT molecular complexity index is 3220. The average Bonchev–Trinajstić information content (AvgIpc) is 3.81. The molecule has 0 aliphatic carbocycles. The molecule has 5 heteroatoms. The molecule has 3 heterocycles. The number of aromatic nitrogens is 4. The van der Waals surface area contributed by atoms with Crippen molar-refractivity contribution < 1.29 is 4.42 Å². The summed E-state index contributed by atoms with van der Waals surface area (Å²) in [5.41, 5.74) is 12.4. The summed E-state index contributed by atoms with van der Waals surface area (Å²) in [7, 11) is 0. The number of benzene rings is 8. The number of nitrogens with zero attached hydrogens (tertiary/aromatic N) is 4. The number of rotatable bonds is 6. The SMILES string of the molecule is c1ccc(-c2ccc(-c3nc(-c4ccccc4)nc(-c4ccc5c(c4)oc4cc(-c6ccc7c(c6)c6ccccc6n7-c6ccccc6)ccc45)n3)cc2)cc1. The van der Waals surface area contributed by atoms with Crippen LogP contribution in [0.5, 0.6) is 0 Å². The standard InChI is InChI=1S/C51H32N4O/c1-4-12-33(13-5-1)34-20-22-36(23-21-34)50-52-49(35-14-6-2-7-15-35)53-51(54-50)39-25-28-43-42-27-24-38(31-47(42)56-48(43)32-39)37-26-29-46-44(30-37)41-18-10-11-19-45(41)55(46)40-16-8-3-9-17-40/h1-32H. The first kappa shape index (κ1) is 31.9. The van der Waals surface area contributed by atoms with Crippen LogP contribution in [-0.2, 0) is 0 Å². The Labute approximate surface area is 322 Å². The van der Waals surface area contributed by atoms with Crippen LogP contribution in [0.1, 0.15) is 0 Å². The molecule has 0 amide bonds. The van der Waals surface area contributed by atoms with Gasteiger partial charge in [0.2, 0.25) is 0 Å². The molecule has 3 aromatic heterocycles. The van der Waals surface area contributed by atoms with E-state index in [-0.39, 0.29) is 0 Å². The van der Waals surface area contributed by atoms with Gasteiger partial charge in [-0.05, 0) is 76.9 Å². The molecular weight excluding hydrogens is 685 g/mol. The molecule has 8 aromatic carbocycles.